The van der Waals surface area contributed by atoms with E-state index < -0.39 is 0 Å². The Morgan fingerprint density at radius 2 is 2.07 bits per heavy atom. The molecular weight excluding hydrogens is 204 g/mol. The van der Waals surface area contributed by atoms with Crippen LogP contribution in [-0.2, 0) is 6.42 Å². The minimum absolute atomic E-state index is 0.203. The van der Waals surface area contributed by atoms with Crippen LogP contribution in [0.1, 0.15) is 11.8 Å². The largest absolute Gasteiger partial charge is 0.328 e. The number of aromatic nitrogens is 1. The van der Waals surface area contributed by atoms with Crippen molar-refractivity contribution in [3.05, 3.63) is 41.4 Å². The minimum Gasteiger partial charge on any atom is -0.328 e. The molecule has 2 nitrogen and oxygen atoms in total. The lowest BCUT2D eigenvalue weighted by molar-refractivity contribution is 0.745. The Morgan fingerprint density at radius 3 is 2.73 bits per heavy atom. The molecular formula is C12H14N2S. The van der Waals surface area contributed by atoms with Crippen LogP contribution in [0.2, 0.25) is 0 Å². The second-order valence-electron chi connectivity index (χ2n) is 3.68. The predicted molar refractivity (Wildman–Crippen MR) is 64.9 cm³/mol. The van der Waals surface area contributed by atoms with Crippen molar-refractivity contribution in [2.75, 3.05) is 0 Å². The third-order valence-corrected chi connectivity index (χ3v) is 3.17. The number of nitrogens with zero attached hydrogens (tertiary/aromatic N) is 1. The van der Waals surface area contributed by atoms with Crippen LogP contribution in [0.3, 0.4) is 0 Å². The van der Waals surface area contributed by atoms with Gasteiger partial charge in [-0.05, 0) is 13.3 Å². The first kappa shape index (κ1) is 10.3. The highest BCUT2D eigenvalue weighted by atomic mass is 32.1. The summed E-state index contributed by atoms with van der Waals surface area (Å²) in [5.74, 6) is 0. The first-order valence-corrected chi connectivity index (χ1v) is 5.83. The van der Waals surface area contributed by atoms with Gasteiger partial charge in [-0.3, -0.25) is 0 Å². The van der Waals surface area contributed by atoms with Gasteiger partial charge in [-0.1, -0.05) is 30.3 Å². The van der Waals surface area contributed by atoms with Crippen LogP contribution >= 0.6 is 11.3 Å². The monoisotopic (exact) mass is 218 g/mol. The fraction of sp³-hybridized carbons (Fsp3) is 0.250. The zero-order valence-corrected chi connectivity index (χ0v) is 9.50. The zero-order chi connectivity index (χ0) is 10.7. The first-order valence-electron chi connectivity index (χ1n) is 5.01. The van der Waals surface area contributed by atoms with Crippen LogP contribution in [0.25, 0.3) is 10.6 Å². The topological polar surface area (TPSA) is 38.9 Å². The number of thiazole rings is 1. The molecule has 1 heterocycles. The van der Waals surface area contributed by atoms with Crippen LogP contribution in [0.5, 0.6) is 0 Å². The highest BCUT2D eigenvalue weighted by Crippen LogP contribution is 2.25. The third kappa shape index (κ3) is 2.64. The van der Waals surface area contributed by atoms with E-state index in [9.17, 15) is 0 Å². The van der Waals surface area contributed by atoms with Gasteiger partial charge in [0.1, 0.15) is 5.01 Å². The molecule has 2 N–H and O–H groups in total. The molecule has 0 saturated heterocycles. The van der Waals surface area contributed by atoms with Crippen molar-refractivity contribution in [3.8, 4) is 10.6 Å². The summed E-state index contributed by atoms with van der Waals surface area (Å²) in [4.78, 5) is 5.66. The van der Waals surface area contributed by atoms with Gasteiger partial charge in [-0.15, -0.1) is 11.3 Å². The Kier molecular flexibility index (Phi) is 3.14. The summed E-state index contributed by atoms with van der Waals surface area (Å²) in [5, 5.41) is 1.08. The van der Waals surface area contributed by atoms with Crippen molar-refractivity contribution in [1.82, 2.24) is 4.98 Å². The van der Waals surface area contributed by atoms with E-state index in [-0.39, 0.29) is 6.04 Å². The maximum Gasteiger partial charge on any atom is 0.123 e. The van der Waals surface area contributed by atoms with Gasteiger partial charge in [-0.25, -0.2) is 4.98 Å². The second kappa shape index (κ2) is 4.55. The second-order valence-corrected chi connectivity index (χ2v) is 4.79. The Morgan fingerprint density at radius 1 is 1.33 bits per heavy atom. The van der Waals surface area contributed by atoms with Crippen LogP contribution in [0.4, 0.5) is 0 Å². The molecule has 0 bridgehead atoms. The molecule has 0 aliphatic heterocycles. The molecule has 2 rings (SSSR count). The van der Waals surface area contributed by atoms with Gasteiger partial charge in [0.25, 0.3) is 0 Å². The van der Waals surface area contributed by atoms with Gasteiger partial charge in [0.05, 0.1) is 0 Å². The molecule has 2 aromatic rings. The lowest BCUT2D eigenvalue weighted by Gasteiger charge is -1.99. The molecule has 0 spiro atoms. The van der Waals surface area contributed by atoms with Crippen molar-refractivity contribution in [1.29, 1.82) is 0 Å². The van der Waals surface area contributed by atoms with E-state index in [1.807, 2.05) is 31.3 Å². The van der Waals surface area contributed by atoms with Crippen molar-refractivity contribution in [3.63, 3.8) is 0 Å². The van der Waals surface area contributed by atoms with Crippen LogP contribution < -0.4 is 5.73 Å². The summed E-state index contributed by atoms with van der Waals surface area (Å²) in [6, 6.07) is 10.4. The van der Waals surface area contributed by atoms with E-state index in [1.165, 1.54) is 10.4 Å². The van der Waals surface area contributed by atoms with Gasteiger partial charge in [0.2, 0.25) is 0 Å². The molecule has 1 aromatic heterocycles. The SMILES string of the molecule is CC(N)Cc1cnc(-c2ccccc2)s1. The average molecular weight is 218 g/mol. The molecule has 78 valence electrons. The summed E-state index contributed by atoms with van der Waals surface area (Å²) >= 11 is 1.72. The molecule has 3 heteroatoms. The maximum atomic E-state index is 5.75. The van der Waals surface area contributed by atoms with Gasteiger partial charge < -0.3 is 5.73 Å². The lowest BCUT2D eigenvalue weighted by atomic mass is 10.2. The van der Waals surface area contributed by atoms with E-state index in [2.05, 4.69) is 17.1 Å². The van der Waals surface area contributed by atoms with E-state index in [4.69, 9.17) is 5.73 Å². The van der Waals surface area contributed by atoms with Gasteiger partial charge in [0.15, 0.2) is 0 Å². The molecule has 0 radical (unpaired) electrons. The Balaban J connectivity index is 2.21. The number of nitrogens with two attached hydrogens (primary N) is 1. The summed E-state index contributed by atoms with van der Waals surface area (Å²) in [7, 11) is 0. The fourth-order valence-electron chi connectivity index (χ4n) is 1.43. The van der Waals surface area contributed by atoms with Crippen molar-refractivity contribution in [2.24, 2.45) is 5.73 Å². The smallest absolute Gasteiger partial charge is 0.123 e. The molecule has 0 aliphatic carbocycles. The first-order chi connectivity index (χ1) is 7.25. The molecule has 0 fully saturated rings. The number of hydrogen-bond acceptors (Lipinski definition) is 3. The van der Waals surface area contributed by atoms with Gasteiger partial charge in [-0.2, -0.15) is 0 Å². The summed E-state index contributed by atoms with van der Waals surface area (Å²) in [6.45, 7) is 2.02. The summed E-state index contributed by atoms with van der Waals surface area (Å²) in [5.41, 5.74) is 6.93. The average Bonchev–Trinajstić information content (AvgIpc) is 2.67. The van der Waals surface area contributed by atoms with Crippen LogP contribution in [0.15, 0.2) is 36.5 Å². The lowest BCUT2D eigenvalue weighted by Crippen LogP contribution is -2.16. The Labute approximate surface area is 93.8 Å². The van der Waals surface area contributed by atoms with E-state index in [0.29, 0.717) is 0 Å². The predicted octanol–water partition coefficient (Wildman–Crippen LogP) is 2.70. The van der Waals surface area contributed by atoms with E-state index in [1.54, 1.807) is 11.3 Å². The van der Waals surface area contributed by atoms with Crippen molar-refractivity contribution >= 4 is 11.3 Å². The summed E-state index contributed by atoms with van der Waals surface area (Å²) < 4.78 is 0. The van der Waals surface area contributed by atoms with Crippen LogP contribution in [-0.4, -0.2) is 11.0 Å². The minimum atomic E-state index is 0.203. The molecule has 0 aliphatic rings. The zero-order valence-electron chi connectivity index (χ0n) is 8.68. The van der Waals surface area contributed by atoms with Crippen molar-refractivity contribution < 1.29 is 0 Å². The van der Waals surface area contributed by atoms with Gasteiger partial charge in [0, 0.05) is 22.7 Å². The molecule has 1 aromatic carbocycles. The number of hydrogen-bond donors (Lipinski definition) is 1. The van der Waals surface area contributed by atoms with E-state index in [0.717, 1.165) is 11.4 Å². The molecule has 15 heavy (non-hydrogen) atoms. The molecule has 1 unspecified atom stereocenters. The van der Waals surface area contributed by atoms with Gasteiger partial charge >= 0.3 is 0 Å². The highest BCUT2D eigenvalue weighted by molar-refractivity contribution is 7.15. The van der Waals surface area contributed by atoms with Crippen molar-refractivity contribution in [2.45, 2.75) is 19.4 Å². The standard InChI is InChI=1S/C12H14N2S/c1-9(13)7-11-8-14-12(15-11)10-5-3-2-4-6-10/h2-6,8-9H,7,13H2,1H3. The highest BCUT2D eigenvalue weighted by Gasteiger charge is 2.05. The quantitative estimate of drug-likeness (QED) is 0.860. The Hall–Kier alpha value is -1.19. The maximum absolute atomic E-state index is 5.75. The number of rotatable bonds is 3. The number of benzene rings is 1. The van der Waals surface area contributed by atoms with Crippen LogP contribution in [0, 0.1) is 0 Å². The molecule has 0 amide bonds. The fourth-order valence-corrected chi connectivity index (χ4v) is 2.49. The Bertz CT molecular complexity index is 420. The summed E-state index contributed by atoms with van der Waals surface area (Å²) in [6.07, 6.45) is 2.83. The third-order valence-electron chi connectivity index (χ3n) is 2.10. The molecule has 0 saturated carbocycles. The van der Waals surface area contributed by atoms with E-state index >= 15 is 0 Å². The molecule has 1 atom stereocenters. The normalized spacial score (nSPS) is 12.7.